The minimum absolute atomic E-state index is 0.543. The number of fused-ring (bicyclic) bond motifs is 1. The number of ether oxygens (including phenoxy) is 1. The summed E-state index contributed by atoms with van der Waals surface area (Å²) in [6, 6.07) is 21.8. The average Bonchev–Trinajstić information content (AvgIpc) is 3.43. The highest BCUT2D eigenvalue weighted by Gasteiger charge is 2.08. The van der Waals surface area contributed by atoms with Crippen LogP contribution in [0.3, 0.4) is 0 Å². The molecule has 0 aliphatic heterocycles. The lowest BCUT2D eigenvalue weighted by molar-refractivity contribution is 0.306. The van der Waals surface area contributed by atoms with Gasteiger partial charge in [0, 0.05) is 11.8 Å². The van der Waals surface area contributed by atoms with Gasteiger partial charge < -0.3 is 15.0 Å². The summed E-state index contributed by atoms with van der Waals surface area (Å²) in [7, 11) is 0. The molecule has 0 spiro atoms. The van der Waals surface area contributed by atoms with Crippen LogP contribution in [0.15, 0.2) is 79.1 Å². The molecule has 0 saturated carbocycles. The molecule has 0 atom stereocenters. The number of hydrogen-bond donors (Lipinski definition) is 3. The Hall–Kier alpha value is -4.13. The van der Waals surface area contributed by atoms with Gasteiger partial charge in [-0.1, -0.05) is 30.3 Å². The standard InChI is InChI=1S/C22H18N6O/c1-2-4-15(5-3-1)14-29-18-8-6-16(7-9-18)21-26-19-10-11-20(27-22(19)28-21)25-17-12-23-24-13-17/h1-13H,14H2,(H,23,24)(H2,25,26,27,28). The molecule has 2 aromatic carbocycles. The van der Waals surface area contributed by atoms with E-state index in [1.807, 2.05) is 66.7 Å². The summed E-state index contributed by atoms with van der Waals surface area (Å²) in [5.41, 5.74) is 4.49. The fourth-order valence-electron chi connectivity index (χ4n) is 3.02. The first-order chi connectivity index (χ1) is 14.3. The molecule has 3 N–H and O–H groups in total. The largest absolute Gasteiger partial charge is 0.489 e. The van der Waals surface area contributed by atoms with Crippen LogP contribution in [0.1, 0.15) is 5.56 Å². The number of hydrogen-bond acceptors (Lipinski definition) is 5. The van der Waals surface area contributed by atoms with Crippen molar-refractivity contribution in [1.29, 1.82) is 0 Å². The Morgan fingerprint density at radius 1 is 0.897 bits per heavy atom. The summed E-state index contributed by atoms with van der Waals surface area (Å²) in [5, 5.41) is 9.87. The molecule has 7 heteroatoms. The van der Waals surface area contributed by atoms with Crippen LogP contribution in [0.2, 0.25) is 0 Å². The van der Waals surface area contributed by atoms with Gasteiger partial charge in [-0.3, -0.25) is 5.10 Å². The number of aromatic nitrogens is 5. The molecule has 0 saturated heterocycles. The van der Waals surface area contributed by atoms with E-state index in [9.17, 15) is 0 Å². The van der Waals surface area contributed by atoms with Crippen LogP contribution in [0.4, 0.5) is 11.5 Å². The van der Waals surface area contributed by atoms with Crippen molar-refractivity contribution in [3.8, 4) is 17.1 Å². The van der Waals surface area contributed by atoms with Gasteiger partial charge in [0.2, 0.25) is 0 Å². The molecule has 0 radical (unpaired) electrons. The Balaban J connectivity index is 1.32. The molecule has 0 amide bonds. The van der Waals surface area contributed by atoms with Crippen molar-refractivity contribution in [3.63, 3.8) is 0 Å². The van der Waals surface area contributed by atoms with E-state index in [-0.39, 0.29) is 0 Å². The van der Waals surface area contributed by atoms with Crippen LogP contribution in [-0.4, -0.2) is 25.1 Å². The van der Waals surface area contributed by atoms with Crippen molar-refractivity contribution >= 4 is 22.7 Å². The van der Waals surface area contributed by atoms with E-state index in [4.69, 9.17) is 4.74 Å². The lowest BCUT2D eigenvalue weighted by Crippen LogP contribution is -1.94. The van der Waals surface area contributed by atoms with E-state index in [1.54, 1.807) is 12.4 Å². The van der Waals surface area contributed by atoms with Gasteiger partial charge in [-0.15, -0.1) is 0 Å². The fourth-order valence-corrected chi connectivity index (χ4v) is 3.02. The number of anilines is 2. The second-order valence-electron chi connectivity index (χ2n) is 6.56. The number of nitrogens with one attached hydrogen (secondary N) is 3. The van der Waals surface area contributed by atoms with Gasteiger partial charge in [0.15, 0.2) is 5.65 Å². The first kappa shape index (κ1) is 17.0. The van der Waals surface area contributed by atoms with Crippen molar-refractivity contribution < 1.29 is 4.74 Å². The van der Waals surface area contributed by atoms with Crippen molar-refractivity contribution in [3.05, 3.63) is 84.7 Å². The van der Waals surface area contributed by atoms with Crippen LogP contribution < -0.4 is 10.1 Å². The van der Waals surface area contributed by atoms with Gasteiger partial charge in [0.1, 0.15) is 29.5 Å². The molecule has 5 rings (SSSR count). The molecular formula is C22H18N6O. The summed E-state index contributed by atoms with van der Waals surface area (Å²) in [4.78, 5) is 12.5. The van der Waals surface area contributed by atoms with Gasteiger partial charge in [-0.25, -0.2) is 9.97 Å². The predicted molar refractivity (Wildman–Crippen MR) is 112 cm³/mol. The molecule has 5 aromatic rings. The SMILES string of the molecule is c1ccc(COc2ccc(-c3nc4ccc(Nc5cn[nH]c5)nc4[nH]3)cc2)cc1. The minimum atomic E-state index is 0.543. The number of imidazole rings is 1. The highest BCUT2D eigenvalue weighted by molar-refractivity contribution is 5.78. The van der Waals surface area contributed by atoms with Crippen molar-refractivity contribution in [1.82, 2.24) is 25.1 Å². The van der Waals surface area contributed by atoms with Gasteiger partial charge >= 0.3 is 0 Å². The third kappa shape index (κ3) is 3.79. The lowest BCUT2D eigenvalue weighted by Gasteiger charge is -2.06. The zero-order valence-electron chi connectivity index (χ0n) is 15.5. The molecule has 3 heterocycles. The molecule has 3 aromatic heterocycles. The number of benzene rings is 2. The zero-order chi connectivity index (χ0) is 19.5. The molecule has 29 heavy (non-hydrogen) atoms. The second-order valence-corrected chi connectivity index (χ2v) is 6.56. The smallest absolute Gasteiger partial charge is 0.160 e. The molecule has 0 unspecified atom stereocenters. The minimum Gasteiger partial charge on any atom is -0.489 e. The normalized spacial score (nSPS) is 10.9. The Labute approximate surface area is 166 Å². The lowest BCUT2D eigenvalue weighted by atomic mass is 10.2. The molecule has 7 nitrogen and oxygen atoms in total. The first-order valence-electron chi connectivity index (χ1n) is 9.23. The van der Waals surface area contributed by atoms with Crippen LogP contribution >= 0.6 is 0 Å². The van der Waals surface area contributed by atoms with E-state index in [2.05, 4.69) is 30.5 Å². The topological polar surface area (TPSA) is 91.5 Å². The zero-order valence-corrected chi connectivity index (χ0v) is 15.5. The summed E-state index contributed by atoms with van der Waals surface area (Å²) >= 11 is 0. The third-order valence-corrected chi connectivity index (χ3v) is 4.49. The van der Waals surface area contributed by atoms with Gasteiger partial charge in [-0.2, -0.15) is 5.10 Å². The second kappa shape index (κ2) is 7.47. The van der Waals surface area contributed by atoms with E-state index >= 15 is 0 Å². The highest BCUT2D eigenvalue weighted by Crippen LogP contribution is 2.24. The molecule has 142 valence electrons. The number of nitrogens with zero attached hydrogens (tertiary/aromatic N) is 3. The Kier molecular flexibility index (Phi) is 4.38. The maximum Gasteiger partial charge on any atom is 0.160 e. The van der Waals surface area contributed by atoms with E-state index in [1.165, 1.54) is 0 Å². The van der Waals surface area contributed by atoms with Crippen LogP contribution in [-0.2, 0) is 6.61 Å². The maximum atomic E-state index is 5.85. The quantitative estimate of drug-likeness (QED) is 0.397. The molecule has 0 fully saturated rings. The molecule has 0 aliphatic carbocycles. The number of aromatic amines is 2. The van der Waals surface area contributed by atoms with Gasteiger partial charge in [0.25, 0.3) is 0 Å². The highest BCUT2D eigenvalue weighted by atomic mass is 16.5. The summed E-state index contributed by atoms with van der Waals surface area (Å²) in [5.74, 6) is 2.31. The Bertz CT molecular complexity index is 1210. The fraction of sp³-hybridized carbons (Fsp3) is 0.0455. The summed E-state index contributed by atoms with van der Waals surface area (Å²) in [6.07, 6.45) is 3.47. The van der Waals surface area contributed by atoms with Crippen LogP contribution in [0, 0.1) is 0 Å². The monoisotopic (exact) mass is 382 g/mol. The number of H-pyrrole nitrogens is 2. The summed E-state index contributed by atoms with van der Waals surface area (Å²) < 4.78 is 5.85. The maximum absolute atomic E-state index is 5.85. The summed E-state index contributed by atoms with van der Waals surface area (Å²) in [6.45, 7) is 0.543. The number of rotatable bonds is 6. The Morgan fingerprint density at radius 2 is 1.76 bits per heavy atom. The molecule has 0 bridgehead atoms. The van der Waals surface area contributed by atoms with Gasteiger partial charge in [-0.05, 0) is 42.0 Å². The molecule has 0 aliphatic rings. The number of pyridine rings is 1. The molecular weight excluding hydrogens is 364 g/mol. The predicted octanol–water partition coefficient (Wildman–Crippen LogP) is 4.67. The van der Waals surface area contributed by atoms with Crippen LogP contribution in [0.25, 0.3) is 22.6 Å². The van der Waals surface area contributed by atoms with Crippen LogP contribution in [0.5, 0.6) is 5.75 Å². The third-order valence-electron chi connectivity index (χ3n) is 4.49. The van der Waals surface area contributed by atoms with Crippen molar-refractivity contribution in [2.45, 2.75) is 6.61 Å². The van der Waals surface area contributed by atoms with E-state index < -0.39 is 0 Å². The van der Waals surface area contributed by atoms with E-state index in [0.29, 0.717) is 6.61 Å². The first-order valence-corrected chi connectivity index (χ1v) is 9.23. The van der Waals surface area contributed by atoms with Crippen molar-refractivity contribution in [2.75, 3.05) is 5.32 Å². The van der Waals surface area contributed by atoms with E-state index in [0.717, 1.165) is 45.4 Å². The average molecular weight is 382 g/mol. The van der Waals surface area contributed by atoms with Gasteiger partial charge in [0.05, 0.1) is 11.9 Å². The Morgan fingerprint density at radius 3 is 2.55 bits per heavy atom. The van der Waals surface area contributed by atoms with Crippen molar-refractivity contribution in [2.24, 2.45) is 0 Å².